The van der Waals surface area contributed by atoms with Crippen molar-refractivity contribution in [1.29, 1.82) is 0 Å². The molecule has 0 atom stereocenters. The summed E-state index contributed by atoms with van der Waals surface area (Å²) in [5.74, 6) is -1.03. The molecule has 191 valence electrons. The molecular weight excluding hydrogens is 613 g/mol. The van der Waals surface area contributed by atoms with Gasteiger partial charge in [0.2, 0.25) is 0 Å². The van der Waals surface area contributed by atoms with E-state index >= 15 is 0 Å². The number of alkyl halides is 6. The highest BCUT2D eigenvalue weighted by Gasteiger charge is 2.33. The van der Waals surface area contributed by atoms with Gasteiger partial charge in [-0.3, -0.25) is 0 Å². The average Bonchev–Trinajstić information content (AvgIpc) is 2.74. The van der Waals surface area contributed by atoms with Gasteiger partial charge in [-0.25, -0.2) is 0 Å². The molecule has 0 N–H and O–H groups in total. The van der Waals surface area contributed by atoms with Gasteiger partial charge in [-0.1, -0.05) is 49.9 Å². The molecule has 0 saturated heterocycles. The number of halogens is 6. The molecular formula is C20H35Cl6O3Si4. The van der Waals surface area contributed by atoms with Gasteiger partial charge in [-0.15, -0.1) is 69.6 Å². The lowest BCUT2D eigenvalue weighted by atomic mass is 10.1. The third kappa shape index (κ3) is 24.6. The minimum atomic E-state index is -1.03. The first-order chi connectivity index (χ1) is 15.8. The van der Waals surface area contributed by atoms with Gasteiger partial charge in [0.05, 0.1) is 61.8 Å². The van der Waals surface area contributed by atoms with Gasteiger partial charge < -0.3 is 14.2 Å². The Labute approximate surface area is 242 Å². The summed E-state index contributed by atoms with van der Waals surface area (Å²) in [6, 6.07) is 3.80. The van der Waals surface area contributed by atoms with E-state index in [1.165, 1.54) is 19.3 Å². The number of rotatable bonds is 25. The first-order valence-corrected chi connectivity index (χ1v) is 18.6. The summed E-state index contributed by atoms with van der Waals surface area (Å²) in [5, 5.41) is 0. The summed E-state index contributed by atoms with van der Waals surface area (Å²) >= 11 is 35.1. The Morgan fingerprint density at radius 3 is 1.27 bits per heavy atom. The van der Waals surface area contributed by atoms with Gasteiger partial charge in [-0.2, -0.15) is 0 Å². The van der Waals surface area contributed by atoms with Crippen molar-refractivity contribution >= 4 is 108 Å². The molecule has 9 radical (unpaired) electrons. The predicted octanol–water partition coefficient (Wildman–Crippen LogP) is 7.44. The highest BCUT2D eigenvalue weighted by Crippen LogP contribution is 2.26. The molecule has 0 fully saturated rings. The maximum atomic E-state index is 6.26. The van der Waals surface area contributed by atoms with E-state index in [-0.39, 0.29) is 13.4 Å². The van der Waals surface area contributed by atoms with E-state index in [1.807, 2.05) is 0 Å². The smallest absolute Gasteiger partial charge is 0.282 e. The number of ether oxygens (including phenoxy) is 3. The topological polar surface area (TPSA) is 27.7 Å². The van der Waals surface area contributed by atoms with E-state index in [2.05, 4.69) is 10.2 Å². The second-order valence-electron chi connectivity index (χ2n) is 7.32. The number of unbranched alkanes of at least 4 members (excludes halogenated alkanes) is 4. The molecule has 0 saturated carbocycles. The molecule has 3 nitrogen and oxygen atoms in total. The van der Waals surface area contributed by atoms with E-state index in [4.69, 9.17) is 83.8 Å². The minimum absolute atomic E-state index is 0.316. The molecule has 0 aromatic carbocycles. The molecule has 0 bridgehead atoms. The lowest BCUT2D eigenvalue weighted by Crippen LogP contribution is -2.40. The van der Waals surface area contributed by atoms with Gasteiger partial charge in [0, 0.05) is 16.7 Å². The van der Waals surface area contributed by atoms with E-state index in [0.717, 1.165) is 56.3 Å². The van der Waals surface area contributed by atoms with Crippen molar-refractivity contribution in [2.24, 2.45) is 0 Å². The van der Waals surface area contributed by atoms with Gasteiger partial charge in [0.15, 0.2) is 0 Å². The number of hydrogen-bond acceptors (Lipinski definition) is 3. The molecule has 0 heterocycles. The van der Waals surface area contributed by atoms with Crippen LogP contribution in [0.3, 0.4) is 0 Å². The zero-order valence-corrected chi connectivity index (χ0v) is 27.6. The highest BCUT2D eigenvalue weighted by molar-refractivity contribution is 6.69. The molecule has 33 heavy (non-hydrogen) atoms. The molecule has 0 aliphatic carbocycles. The van der Waals surface area contributed by atoms with Crippen molar-refractivity contribution in [3.8, 4) is 0 Å². The largest absolute Gasteiger partial charge is 0.327 e. The molecule has 0 aliphatic heterocycles. The molecule has 0 aromatic rings. The monoisotopic (exact) mass is 645 g/mol. The Bertz CT molecular complexity index is 384. The standard InChI is InChI=1S/C20H35Cl6O3Si4/c21-17(22)31-14-6-10-27-20(9-4-2-1-3-5-13-30,28-11-7-15-32-18(23)24)29-12-8-16-33-19(25)26/h17-19H,1-16H2. The molecule has 0 amide bonds. The predicted molar refractivity (Wildman–Crippen MR) is 151 cm³/mol. The van der Waals surface area contributed by atoms with Crippen LogP contribution < -0.4 is 0 Å². The van der Waals surface area contributed by atoms with Crippen LogP contribution >= 0.6 is 69.6 Å². The second-order valence-corrected chi connectivity index (χ2v) is 17.8. The van der Waals surface area contributed by atoms with Crippen molar-refractivity contribution in [3.63, 3.8) is 0 Å². The van der Waals surface area contributed by atoms with Crippen LogP contribution in [-0.2, 0) is 14.2 Å². The van der Waals surface area contributed by atoms with E-state index in [1.54, 1.807) is 0 Å². The fourth-order valence-electron chi connectivity index (χ4n) is 2.87. The van der Waals surface area contributed by atoms with Gasteiger partial charge in [0.1, 0.15) is 0 Å². The highest BCUT2D eigenvalue weighted by atomic mass is 35.5. The van der Waals surface area contributed by atoms with Crippen LogP contribution in [0.25, 0.3) is 0 Å². The zero-order chi connectivity index (χ0) is 24.8. The maximum absolute atomic E-state index is 6.26. The van der Waals surface area contributed by atoms with Crippen molar-refractivity contribution in [2.45, 2.75) is 101 Å². The molecule has 0 unspecified atom stereocenters. The Hall–Kier alpha value is 2.49. The van der Waals surface area contributed by atoms with Crippen LogP contribution in [0.4, 0.5) is 0 Å². The van der Waals surface area contributed by atoms with Crippen LogP contribution in [0, 0.1) is 0 Å². The Kier molecular flexibility index (Phi) is 26.7. The zero-order valence-electron chi connectivity index (χ0n) is 19.0. The van der Waals surface area contributed by atoms with Crippen LogP contribution in [0.1, 0.15) is 57.8 Å². The first-order valence-electron chi connectivity index (χ1n) is 11.4. The second kappa shape index (κ2) is 24.8. The maximum Gasteiger partial charge on any atom is 0.282 e. The summed E-state index contributed by atoms with van der Waals surface area (Å²) in [6.45, 7) is 1.62. The average molecular weight is 649 g/mol. The third-order valence-electron chi connectivity index (χ3n) is 4.48. The van der Waals surface area contributed by atoms with Crippen molar-refractivity contribution in [3.05, 3.63) is 0 Å². The van der Waals surface area contributed by atoms with Gasteiger partial charge in [0.25, 0.3) is 5.97 Å². The lowest BCUT2D eigenvalue weighted by Gasteiger charge is -2.34. The summed E-state index contributed by atoms with van der Waals surface area (Å²) in [7, 11) is 5.03. The first kappa shape index (κ1) is 35.5. The van der Waals surface area contributed by atoms with Crippen LogP contribution in [-0.4, -0.2) is 78.0 Å². The van der Waals surface area contributed by atoms with E-state index < -0.39 is 5.97 Å². The molecule has 0 rings (SSSR count). The lowest BCUT2D eigenvalue weighted by molar-refractivity contribution is -0.383. The molecule has 13 heteroatoms. The normalized spacial score (nSPS) is 12.5. The molecule has 0 aliphatic rings. The van der Waals surface area contributed by atoms with Gasteiger partial charge in [-0.05, 0) is 25.7 Å². The Morgan fingerprint density at radius 1 is 0.545 bits per heavy atom. The third-order valence-corrected chi connectivity index (χ3v) is 10.5. The number of hydrogen-bond donors (Lipinski definition) is 0. The van der Waals surface area contributed by atoms with Gasteiger partial charge >= 0.3 is 0 Å². The molecule has 0 spiro atoms. The fraction of sp³-hybridized carbons (Fsp3) is 1.00. The minimum Gasteiger partial charge on any atom is -0.327 e. The van der Waals surface area contributed by atoms with Crippen molar-refractivity contribution < 1.29 is 14.2 Å². The quantitative estimate of drug-likeness (QED) is 0.0446. The SMILES string of the molecule is [Si]CCCCCCCC(OCCC[Si]C(Cl)Cl)(OCCC[Si]C(Cl)Cl)OCCC[Si]C(Cl)Cl. The van der Waals surface area contributed by atoms with E-state index in [9.17, 15) is 0 Å². The van der Waals surface area contributed by atoms with Crippen molar-refractivity contribution in [1.82, 2.24) is 0 Å². The van der Waals surface area contributed by atoms with Crippen molar-refractivity contribution in [2.75, 3.05) is 19.8 Å². The summed E-state index contributed by atoms with van der Waals surface area (Å²) in [5.41, 5.74) is 0. The van der Waals surface area contributed by atoms with E-state index in [0.29, 0.717) is 54.8 Å². The van der Waals surface area contributed by atoms with Crippen LogP contribution in [0.5, 0.6) is 0 Å². The summed E-state index contributed by atoms with van der Waals surface area (Å²) in [6.07, 6.45) is 8.98. The summed E-state index contributed by atoms with van der Waals surface area (Å²) in [4.78, 5) is 0. The summed E-state index contributed by atoms with van der Waals surface area (Å²) < 4.78 is 17.8. The van der Waals surface area contributed by atoms with Crippen LogP contribution in [0.15, 0.2) is 0 Å². The fourth-order valence-corrected chi connectivity index (χ4v) is 6.79. The Balaban J connectivity index is 4.84. The Morgan fingerprint density at radius 2 is 0.909 bits per heavy atom. The molecule has 0 aromatic heterocycles. The van der Waals surface area contributed by atoms with Crippen LogP contribution in [0.2, 0.25) is 24.2 Å².